The standard InChI is InChI=1S/C31H30Cl2N2O7S/c1-14(2)41-21-8-16(31(36)37)9-23-27(21)34-24(43-23)10-17-11-39-30-22(13-40-29(17)30)38-12-18-26(35-42-28(18)15-6-7-15)25-19(32)4-3-5-20(25)33/h3-5,8-9,14-15,17,22,29-30H,6-7,10-13H2,1-2H3,(H,36,37)/t17-,22-,29-,30-/m1/s1. The van der Waals surface area contributed by atoms with Crippen LogP contribution in [0.4, 0.5) is 0 Å². The molecule has 0 spiro atoms. The summed E-state index contributed by atoms with van der Waals surface area (Å²) in [6.45, 7) is 5.01. The predicted octanol–water partition coefficient (Wildman–Crippen LogP) is 7.16. The molecule has 1 saturated carbocycles. The number of hydrogen-bond acceptors (Lipinski definition) is 9. The highest BCUT2D eigenvalue weighted by atomic mass is 35.5. The number of carboxylic acid groups (broad SMARTS) is 1. The number of rotatable bonds is 10. The van der Waals surface area contributed by atoms with Crippen LogP contribution in [0, 0.1) is 5.92 Å². The van der Waals surface area contributed by atoms with Gasteiger partial charge < -0.3 is 28.6 Å². The molecule has 0 unspecified atom stereocenters. The monoisotopic (exact) mass is 644 g/mol. The molecule has 3 fully saturated rings. The van der Waals surface area contributed by atoms with Gasteiger partial charge >= 0.3 is 5.97 Å². The van der Waals surface area contributed by atoms with Crippen LogP contribution in [0.1, 0.15) is 59.3 Å². The number of benzene rings is 2. The van der Waals surface area contributed by atoms with E-state index >= 15 is 0 Å². The zero-order valence-corrected chi connectivity index (χ0v) is 25.9. The van der Waals surface area contributed by atoms with Crippen molar-refractivity contribution in [2.45, 2.75) is 70.1 Å². The van der Waals surface area contributed by atoms with Crippen LogP contribution >= 0.6 is 34.5 Å². The highest BCUT2D eigenvalue weighted by Gasteiger charge is 2.48. The van der Waals surface area contributed by atoms with E-state index in [1.54, 1.807) is 30.3 Å². The fourth-order valence-electron chi connectivity index (χ4n) is 5.92. The van der Waals surface area contributed by atoms with E-state index < -0.39 is 5.97 Å². The van der Waals surface area contributed by atoms with Crippen molar-refractivity contribution in [3.8, 4) is 17.0 Å². The van der Waals surface area contributed by atoms with Gasteiger partial charge in [0.1, 0.15) is 34.9 Å². The largest absolute Gasteiger partial charge is 0.489 e. The summed E-state index contributed by atoms with van der Waals surface area (Å²) in [7, 11) is 0. The van der Waals surface area contributed by atoms with Gasteiger partial charge in [0.05, 0.1) is 57.3 Å². The minimum absolute atomic E-state index is 0.0858. The Morgan fingerprint density at radius 2 is 1.91 bits per heavy atom. The summed E-state index contributed by atoms with van der Waals surface area (Å²) in [6, 6.07) is 8.57. The minimum atomic E-state index is -1.000. The van der Waals surface area contributed by atoms with Crippen LogP contribution in [-0.4, -0.2) is 58.8 Å². The minimum Gasteiger partial charge on any atom is -0.489 e. The molecular weight excluding hydrogens is 615 g/mol. The predicted molar refractivity (Wildman–Crippen MR) is 162 cm³/mol. The first-order valence-corrected chi connectivity index (χ1v) is 15.9. The molecule has 9 nitrogen and oxygen atoms in total. The van der Waals surface area contributed by atoms with Gasteiger partial charge in [-0.2, -0.15) is 0 Å². The summed E-state index contributed by atoms with van der Waals surface area (Å²) >= 11 is 14.5. The van der Waals surface area contributed by atoms with Crippen LogP contribution in [0.25, 0.3) is 21.5 Å². The molecule has 43 heavy (non-hydrogen) atoms. The van der Waals surface area contributed by atoms with Gasteiger partial charge in [0.15, 0.2) is 0 Å². The molecule has 4 atom stereocenters. The molecule has 3 aliphatic rings. The number of carbonyl (C=O) groups is 1. The van der Waals surface area contributed by atoms with Crippen molar-refractivity contribution in [1.29, 1.82) is 0 Å². The Hall–Kier alpha value is -2.73. The average Bonchev–Trinajstić information content (AvgIpc) is 3.26. The van der Waals surface area contributed by atoms with Crippen molar-refractivity contribution in [2.75, 3.05) is 13.2 Å². The summed E-state index contributed by atoms with van der Waals surface area (Å²) in [5.74, 6) is 0.723. The van der Waals surface area contributed by atoms with E-state index in [9.17, 15) is 9.90 Å². The van der Waals surface area contributed by atoms with E-state index in [0.717, 1.165) is 33.9 Å². The highest BCUT2D eigenvalue weighted by molar-refractivity contribution is 7.18. The number of thiazole rings is 1. The van der Waals surface area contributed by atoms with Crippen LogP contribution in [0.15, 0.2) is 34.9 Å². The molecule has 1 N–H and O–H groups in total. The summed E-state index contributed by atoms with van der Waals surface area (Å²) in [6.07, 6.45) is 2.02. The van der Waals surface area contributed by atoms with Crippen molar-refractivity contribution >= 4 is 50.7 Å². The summed E-state index contributed by atoms with van der Waals surface area (Å²) < 4.78 is 31.4. The average molecular weight is 646 g/mol. The molecule has 7 rings (SSSR count). The maximum atomic E-state index is 11.7. The van der Waals surface area contributed by atoms with E-state index in [1.807, 2.05) is 13.8 Å². The maximum absolute atomic E-state index is 11.7. The van der Waals surface area contributed by atoms with E-state index in [2.05, 4.69) is 5.16 Å². The Labute approximate surface area is 262 Å². The number of hydrogen-bond donors (Lipinski definition) is 1. The van der Waals surface area contributed by atoms with Crippen molar-refractivity contribution in [3.63, 3.8) is 0 Å². The Morgan fingerprint density at radius 3 is 2.63 bits per heavy atom. The summed E-state index contributed by atoms with van der Waals surface area (Å²) in [5, 5.41) is 15.8. The third kappa shape index (κ3) is 5.65. The van der Waals surface area contributed by atoms with E-state index in [-0.39, 0.29) is 42.5 Å². The molecule has 0 radical (unpaired) electrons. The van der Waals surface area contributed by atoms with E-state index in [1.165, 1.54) is 11.3 Å². The number of aromatic nitrogens is 2. The molecule has 12 heteroatoms. The second-order valence-electron chi connectivity index (χ2n) is 11.6. The molecular formula is C31H30Cl2N2O7S. The third-order valence-electron chi connectivity index (χ3n) is 8.07. The molecule has 0 amide bonds. The molecule has 2 aliphatic heterocycles. The smallest absolute Gasteiger partial charge is 0.335 e. The molecule has 0 bridgehead atoms. The van der Waals surface area contributed by atoms with Crippen LogP contribution < -0.4 is 4.74 Å². The first kappa shape index (κ1) is 29.0. The molecule has 1 aliphatic carbocycles. The maximum Gasteiger partial charge on any atom is 0.335 e. The second kappa shape index (κ2) is 11.6. The highest BCUT2D eigenvalue weighted by Crippen LogP contribution is 2.46. The van der Waals surface area contributed by atoms with Gasteiger partial charge in [-0.25, -0.2) is 9.78 Å². The molecule has 2 aromatic heterocycles. The fourth-order valence-corrected chi connectivity index (χ4v) is 7.62. The van der Waals surface area contributed by atoms with Crippen molar-refractivity contribution in [1.82, 2.24) is 10.1 Å². The van der Waals surface area contributed by atoms with Gasteiger partial charge in [-0.15, -0.1) is 11.3 Å². The number of fused-ring (bicyclic) bond motifs is 2. The lowest BCUT2D eigenvalue weighted by atomic mass is 9.98. The topological polar surface area (TPSA) is 113 Å². The van der Waals surface area contributed by atoms with Crippen molar-refractivity contribution in [3.05, 3.63) is 62.3 Å². The number of aromatic carboxylic acids is 1. The van der Waals surface area contributed by atoms with Gasteiger partial charge in [-0.1, -0.05) is 34.4 Å². The van der Waals surface area contributed by atoms with Crippen molar-refractivity contribution in [2.24, 2.45) is 5.92 Å². The van der Waals surface area contributed by atoms with Crippen LogP contribution in [-0.2, 0) is 27.2 Å². The Morgan fingerprint density at radius 1 is 1.14 bits per heavy atom. The lowest BCUT2D eigenvalue weighted by Crippen LogP contribution is -2.31. The second-order valence-corrected chi connectivity index (χ2v) is 13.5. The van der Waals surface area contributed by atoms with Crippen LogP contribution in [0.5, 0.6) is 5.75 Å². The van der Waals surface area contributed by atoms with Crippen molar-refractivity contribution < 1.29 is 33.4 Å². The molecule has 2 aromatic carbocycles. The summed E-state index contributed by atoms with van der Waals surface area (Å²) in [4.78, 5) is 16.5. The Bertz CT molecular complexity index is 1660. The Balaban J connectivity index is 1.06. The normalized spacial score (nSPS) is 23.4. The first-order chi connectivity index (χ1) is 20.8. The van der Waals surface area contributed by atoms with Gasteiger partial charge in [-0.3, -0.25) is 0 Å². The van der Waals surface area contributed by atoms with Gasteiger partial charge in [0.25, 0.3) is 0 Å². The zero-order chi connectivity index (χ0) is 29.8. The Kier molecular flexibility index (Phi) is 7.86. The number of carboxylic acids is 1. The van der Waals surface area contributed by atoms with Gasteiger partial charge in [0.2, 0.25) is 0 Å². The quantitative estimate of drug-likeness (QED) is 0.192. The fraction of sp³-hybridized carbons (Fsp3) is 0.452. The molecule has 4 aromatic rings. The zero-order valence-electron chi connectivity index (χ0n) is 23.5. The number of ether oxygens (including phenoxy) is 4. The third-order valence-corrected chi connectivity index (χ3v) is 9.72. The number of nitrogens with zero attached hydrogens (tertiary/aromatic N) is 2. The number of halogens is 2. The van der Waals surface area contributed by atoms with Crippen LogP contribution in [0.3, 0.4) is 0 Å². The van der Waals surface area contributed by atoms with Gasteiger partial charge in [0, 0.05) is 29.4 Å². The lowest BCUT2D eigenvalue weighted by Gasteiger charge is -2.17. The van der Waals surface area contributed by atoms with E-state index in [0.29, 0.717) is 58.1 Å². The molecule has 226 valence electrons. The lowest BCUT2D eigenvalue weighted by molar-refractivity contribution is -0.0402. The van der Waals surface area contributed by atoms with Crippen LogP contribution in [0.2, 0.25) is 10.0 Å². The van der Waals surface area contributed by atoms with Gasteiger partial charge in [-0.05, 0) is 51.0 Å². The SMILES string of the molecule is CC(C)Oc1cc(C(=O)O)cc2sc(C[C@@H]3CO[C@H]4[C@@H]3OC[C@H]4OCc3c(-c4c(Cl)cccc4Cl)noc3C3CC3)nc12. The van der Waals surface area contributed by atoms with E-state index in [4.69, 9.17) is 51.7 Å². The molecule has 2 saturated heterocycles. The molecule has 4 heterocycles. The first-order valence-electron chi connectivity index (χ1n) is 14.4. The summed E-state index contributed by atoms with van der Waals surface area (Å²) in [5.41, 5.74) is 2.98.